The largest absolute Gasteiger partial charge is 0.411 e. The van der Waals surface area contributed by atoms with Crippen LogP contribution in [0.4, 0.5) is 0 Å². The minimum atomic E-state index is 0.167. The number of oxime groups is 1. The summed E-state index contributed by atoms with van der Waals surface area (Å²) < 4.78 is 4.94. The summed E-state index contributed by atoms with van der Waals surface area (Å²) in [7, 11) is 0. The molecule has 0 unspecified atom stereocenters. The van der Waals surface area contributed by atoms with Crippen molar-refractivity contribution in [1.82, 2.24) is 10.1 Å². The SMILES string of the molecule is O/N=C\c1nc(-c2cccc3ccccc23)no1. The standard InChI is InChI=1S/C13H9N3O2/c17-14-8-12-15-13(16-18-12)11-7-3-5-9-4-1-2-6-10(9)11/h1-8,17H/b14-8-. The number of hydrogen-bond acceptors (Lipinski definition) is 5. The highest BCUT2D eigenvalue weighted by Gasteiger charge is 2.10. The molecular weight excluding hydrogens is 230 g/mol. The molecule has 0 amide bonds. The summed E-state index contributed by atoms with van der Waals surface area (Å²) in [6.45, 7) is 0. The van der Waals surface area contributed by atoms with Gasteiger partial charge in [-0.3, -0.25) is 0 Å². The first-order chi connectivity index (χ1) is 8.88. The highest BCUT2D eigenvalue weighted by atomic mass is 16.5. The minimum Gasteiger partial charge on any atom is -0.411 e. The topological polar surface area (TPSA) is 71.5 Å². The summed E-state index contributed by atoms with van der Waals surface area (Å²) in [4.78, 5) is 4.13. The number of hydrogen-bond donors (Lipinski definition) is 1. The lowest BCUT2D eigenvalue weighted by Crippen LogP contribution is -1.84. The summed E-state index contributed by atoms with van der Waals surface area (Å²) >= 11 is 0. The van der Waals surface area contributed by atoms with Crippen molar-refractivity contribution in [2.24, 2.45) is 5.16 Å². The zero-order chi connectivity index (χ0) is 12.4. The van der Waals surface area contributed by atoms with Crippen molar-refractivity contribution in [2.45, 2.75) is 0 Å². The molecule has 3 aromatic rings. The second-order valence-corrected chi connectivity index (χ2v) is 3.73. The first-order valence-electron chi connectivity index (χ1n) is 5.38. The quantitative estimate of drug-likeness (QED) is 0.424. The van der Waals surface area contributed by atoms with Crippen LogP contribution in [-0.2, 0) is 0 Å². The van der Waals surface area contributed by atoms with Crippen LogP contribution in [-0.4, -0.2) is 21.6 Å². The van der Waals surface area contributed by atoms with Crippen LogP contribution >= 0.6 is 0 Å². The van der Waals surface area contributed by atoms with E-state index < -0.39 is 0 Å². The molecule has 0 radical (unpaired) electrons. The predicted molar refractivity (Wildman–Crippen MR) is 66.6 cm³/mol. The Kier molecular flexibility index (Phi) is 2.49. The van der Waals surface area contributed by atoms with E-state index in [0.717, 1.165) is 22.6 Å². The highest BCUT2D eigenvalue weighted by molar-refractivity contribution is 5.95. The molecule has 18 heavy (non-hydrogen) atoms. The zero-order valence-electron chi connectivity index (χ0n) is 9.32. The third-order valence-corrected chi connectivity index (χ3v) is 2.64. The lowest BCUT2D eigenvalue weighted by molar-refractivity contribution is 0.319. The van der Waals surface area contributed by atoms with Crippen LogP contribution in [0.25, 0.3) is 22.2 Å². The summed E-state index contributed by atoms with van der Waals surface area (Å²) in [5.74, 6) is 0.641. The fourth-order valence-corrected chi connectivity index (χ4v) is 1.87. The second-order valence-electron chi connectivity index (χ2n) is 3.73. The Morgan fingerprint density at radius 2 is 1.94 bits per heavy atom. The second kappa shape index (κ2) is 4.29. The van der Waals surface area contributed by atoms with Gasteiger partial charge in [0.1, 0.15) is 6.21 Å². The molecule has 0 atom stereocenters. The molecule has 0 saturated carbocycles. The van der Waals surface area contributed by atoms with Gasteiger partial charge in [-0.25, -0.2) is 0 Å². The van der Waals surface area contributed by atoms with Gasteiger partial charge in [-0.2, -0.15) is 4.98 Å². The molecule has 0 bridgehead atoms. The van der Waals surface area contributed by atoms with Crippen LogP contribution in [0.15, 0.2) is 52.1 Å². The highest BCUT2D eigenvalue weighted by Crippen LogP contribution is 2.26. The van der Waals surface area contributed by atoms with E-state index in [4.69, 9.17) is 9.73 Å². The van der Waals surface area contributed by atoms with E-state index in [1.807, 2.05) is 42.5 Å². The van der Waals surface area contributed by atoms with E-state index >= 15 is 0 Å². The first kappa shape index (κ1) is 10.5. The minimum absolute atomic E-state index is 0.167. The van der Waals surface area contributed by atoms with Crippen molar-refractivity contribution in [2.75, 3.05) is 0 Å². The smallest absolute Gasteiger partial charge is 0.272 e. The van der Waals surface area contributed by atoms with Crippen molar-refractivity contribution in [3.05, 3.63) is 48.4 Å². The first-order valence-corrected chi connectivity index (χ1v) is 5.38. The molecule has 5 nitrogen and oxygen atoms in total. The maximum Gasteiger partial charge on any atom is 0.272 e. The van der Waals surface area contributed by atoms with Gasteiger partial charge in [-0.1, -0.05) is 52.8 Å². The van der Waals surface area contributed by atoms with Crippen LogP contribution in [0.5, 0.6) is 0 Å². The molecule has 0 aliphatic carbocycles. The predicted octanol–water partition coefficient (Wildman–Crippen LogP) is 2.70. The summed E-state index contributed by atoms with van der Waals surface area (Å²) in [6, 6.07) is 13.8. The van der Waals surface area contributed by atoms with E-state index in [0.29, 0.717) is 5.82 Å². The Morgan fingerprint density at radius 3 is 2.83 bits per heavy atom. The van der Waals surface area contributed by atoms with E-state index in [9.17, 15) is 0 Å². The molecule has 3 rings (SSSR count). The van der Waals surface area contributed by atoms with Crippen LogP contribution in [0, 0.1) is 0 Å². The molecule has 0 saturated heterocycles. The van der Waals surface area contributed by atoms with Crippen molar-refractivity contribution < 1.29 is 9.73 Å². The Balaban J connectivity index is 2.18. The molecular formula is C13H9N3O2. The molecule has 1 N–H and O–H groups in total. The summed E-state index contributed by atoms with van der Waals surface area (Å²) in [6.07, 6.45) is 1.10. The molecule has 0 spiro atoms. The van der Waals surface area contributed by atoms with Crippen molar-refractivity contribution in [3.63, 3.8) is 0 Å². The average molecular weight is 239 g/mol. The van der Waals surface area contributed by atoms with E-state index in [-0.39, 0.29) is 5.89 Å². The third kappa shape index (κ3) is 1.71. The lowest BCUT2D eigenvalue weighted by Gasteiger charge is -2.01. The lowest BCUT2D eigenvalue weighted by atomic mass is 10.0. The zero-order valence-corrected chi connectivity index (χ0v) is 9.32. The summed E-state index contributed by atoms with van der Waals surface area (Å²) in [5, 5.41) is 17.3. The van der Waals surface area contributed by atoms with Gasteiger partial charge in [0.25, 0.3) is 5.89 Å². The van der Waals surface area contributed by atoms with Crippen LogP contribution < -0.4 is 0 Å². The van der Waals surface area contributed by atoms with Gasteiger partial charge >= 0.3 is 0 Å². The molecule has 0 aliphatic heterocycles. The van der Waals surface area contributed by atoms with Gasteiger partial charge in [0.15, 0.2) is 0 Å². The normalized spacial score (nSPS) is 11.3. The summed E-state index contributed by atoms with van der Waals surface area (Å²) in [5.41, 5.74) is 0.884. The molecule has 88 valence electrons. The average Bonchev–Trinajstić information content (AvgIpc) is 2.87. The fourth-order valence-electron chi connectivity index (χ4n) is 1.87. The molecule has 0 aliphatic rings. The van der Waals surface area contributed by atoms with Gasteiger partial charge in [-0.15, -0.1) is 0 Å². The van der Waals surface area contributed by atoms with Gasteiger partial charge in [0.2, 0.25) is 5.82 Å². The number of rotatable bonds is 2. The van der Waals surface area contributed by atoms with Crippen molar-refractivity contribution in [3.8, 4) is 11.4 Å². The molecule has 5 heteroatoms. The molecule has 0 fully saturated rings. The maximum atomic E-state index is 8.41. The Hall–Kier alpha value is -2.69. The number of aromatic nitrogens is 2. The molecule has 1 heterocycles. The van der Waals surface area contributed by atoms with Gasteiger partial charge < -0.3 is 9.73 Å². The van der Waals surface area contributed by atoms with Crippen molar-refractivity contribution in [1.29, 1.82) is 0 Å². The Morgan fingerprint density at radius 1 is 1.11 bits per heavy atom. The molecule has 2 aromatic carbocycles. The molecule has 1 aromatic heterocycles. The number of nitrogens with zero attached hydrogens (tertiary/aromatic N) is 3. The van der Waals surface area contributed by atoms with Crippen LogP contribution in [0.2, 0.25) is 0 Å². The van der Waals surface area contributed by atoms with Gasteiger partial charge in [0.05, 0.1) is 0 Å². The fraction of sp³-hybridized carbons (Fsp3) is 0. The van der Waals surface area contributed by atoms with E-state index in [2.05, 4.69) is 15.3 Å². The monoisotopic (exact) mass is 239 g/mol. The van der Waals surface area contributed by atoms with E-state index in [1.165, 1.54) is 0 Å². The van der Waals surface area contributed by atoms with Gasteiger partial charge in [0, 0.05) is 5.56 Å². The van der Waals surface area contributed by atoms with E-state index in [1.54, 1.807) is 0 Å². The Bertz CT molecular complexity index is 714. The number of benzene rings is 2. The van der Waals surface area contributed by atoms with Crippen molar-refractivity contribution >= 4 is 17.0 Å². The Labute approximate surface area is 102 Å². The van der Waals surface area contributed by atoms with Crippen LogP contribution in [0.1, 0.15) is 5.89 Å². The third-order valence-electron chi connectivity index (χ3n) is 2.64. The van der Waals surface area contributed by atoms with Gasteiger partial charge in [-0.05, 0) is 10.8 Å². The van der Waals surface area contributed by atoms with Crippen LogP contribution in [0.3, 0.4) is 0 Å². The maximum absolute atomic E-state index is 8.41. The number of fused-ring (bicyclic) bond motifs is 1.